The van der Waals surface area contributed by atoms with Crippen molar-refractivity contribution in [2.24, 2.45) is 5.92 Å². The molecule has 0 aromatic heterocycles. The molecule has 17 heavy (non-hydrogen) atoms. The normalized spacial score (nSPS) is 21.9. The standard InChI is InChI=1S/C16H33N/c1-3-5-7-8-11-15(10-6-4-2)14-16-12-9-13-17-16/h15-17H,3-14H2,1-2H3/t15?,16-/m0/s1. The predicted octanol–water partition coefficient (Wildman–Crippen LogP) is 4.91. The Morgan fingerprint density at radius 2 is 1.76 bits per heavy atom. The van der Waals surface area contributed by atoms with Gasteiger partial charge in [-0.15, -0.1) is 0 Å². The first kappa shape index (κ1) is 15.0. The molecular formula is C16H33N. The Balaban J connectivity index is 2.16. The van der Waals surface area contributed by atoms with Gasteiger partial charge in [-0.3, -0.25) is 0 Å². The molecule has 1 rings (SSSR count). The van der Waals surface area contributed by atoms with E-state index in [4.69, 9.17) is 0 Å². The van der Waals surface area contributed by atoms with Gasteiger partial charge in [0.2, 0.25) is 0 Å². The van der Waals surface area contributed by atoms with Crippen LogP contribution in [-0.2, 0) is 0 Å². The number of nitrogens with one attached hydrogen (secondary N) is 1. The fraction of sp³-hybridized carbons (Fsp3) is 1.00. The zero-order valence-corrected chi connectivity index (χ0v) is 12.1. The highest BCUT2D eigenvalue weighted by Crippen LogP contribution is 2.24. The van der Waals surface area contributed by atoms with Crippen LogP contribution < -0.4 is 5.32 Å². The van der Waals surface area contributed by atoms with Gasteiger partial charge in [0.25, 0.3) is 0 Å². The summed E-state index contributed by atoms with van der Waals surface area (Å²) < 4.78 is 0. The van der Waals surface area contributed by atoms with Crippen LogP contribution in [0, 0.1) is 5.92 Å². The molecule has 0 saturated carbocycles. The molecule has 0 amide bonds. The van der Waals surface area contributed by atoms with Gasteiger partial charge in [0.15, 0.2) is 0 Å². The number of hydrogen-bond acceptors (Lipinski definition) is 1. The maximum absolute atomic E-state index is 3.67. The van der Waals surface area contributed by atoms with Gasteiger partial charge in [-0.25, -0.2) is 0 Å². The topological polar surface area (TPSA) is 12.0 Å². The third kappa shape index (κ3) is 7.08. The van der Waals surface area contributed by atoms with E-state index in [1.165, 1.54) is 77.2 Å². The van der Waals surface area contributed by atoms with Gasteiger partial charge in [-0.2, -0.15) is 0 Å². The smallest absolute Gasteiger partial charge is 0.00701 e. The second kappa shape index (κ2) is 9.94. The van der Waals surface area contributed by atoms with Gasteiger partial charge in [-0.1, -0.05) is 65.2 Å². The molecule has 2 atom stereocenters. The minimum atomic E-state index is 0.850. The average molecular weight is 239 g/mol. The monoisotopic (exact) mass is 239 g/mol. The molecule has 1 fully saturated rings. The minimum absolute atomic E-state index is 0.850. The molecule has 0 bridgehead atoms. The molecule has 1 unspecified atom stereocenters. The van der Waals surface area contributed by atoms with Crippen LogP contribution in [0.5, 0.6) is 0 Å². The Hall–Kier alpha value is -0.0400. The van der Waals surface area contributed by atoms with Crippen molar-refractivity contribution in [3.63, 3.8) is 0 Å². The molecule has 0 spiro atoms. The molecule has 0 aromatic carbocycles. The van der Waals surface area contributed by atoms with Crippen LogP contribution in [-0.4, -0.2) is 12.6 Å². The minimum Gasteiger partial charge on any atom is -0.314 e. The number of unbranched alkanes of at least 4 members (excludes halogenated alkanes) is 4. The van der Waals surface area contributed by atoms with Crippen molar-refractivity contribution >= 4 is 0 Å². The molecule has 1 saturated heterocycles. The van der Waals surface area contributed by atoms with E-state index in [1.807, 2.05) is 0 Å². The maximum atomic E-state index is 3.67. The number of hydrogen-bond donors (Lipinski definition) is 1. The Kier molecular flexibility index (Phi) is 8.78. The molecule has 1 N–H and O–H groups in total. The summed E-state index contributed by atoms with van der Waals surface area (Å²) in [4.78, 5) is 0. The second-order valence-corrected chi connectivity index (χ2v) is 5.89. The summed E-state index contributed by atoms with van der Waals surface area (Å²) in [5.74, 6) is 1.00. The van der Waals surface area contributed by atoms with Crippen molar-refractivity contribution in [3.05, 3.63) is 0 Å². The molecule has 1 nitrogen and oxygen atoms in total. The van der Waals surface area contributed by atoms with Crippen LogP contribution in [0.3, 0.4) is 0 Å². The van der Waals surface area contributed by atoms with E-state index in [1.54, 1.807) is 0 Å². The van der Waals surface area contributed by atoms with Crippen molar-refractivity contribution in [3.8, 4) is 0 Å². The summed E-state index contributed by atoms with van der Waals surface area (Å²) in [5, 5.41) is 3.67. The van der Waals surface area contributed by atoms with Gasteiger partial charge >= 0.3 is 0 Å². The SMILES string of the molecule is CCCCCCC(CCCC)C[C@@H]1CCCN1. The first-order chi connectivity index (χ1) is 8.36. The molecular weight excluding hydrogens is 206 g/mol. The lowest BCUT2D eigenvalue weighted by Gasteiger charge is -2.20. The summed E-state index contributed by atoms with van der Waals surface area (Å²) >= 11 is 0. The quantitative estimate of drug-likeness (QED) is 0.534. The van der Waals surface area contributed by atoms with Crippen LogP contribution in [0.4, 0.5) is 0 Å². The molecule has 1 aliphatic rings. The van der Waals surface area contributed by atoms with Crippen LogP contribution in [0.1, 0.15) is 84.5 Å². The molecule has 1 aliphatic heterocycles. The molecule has 0 aliphatic carbocycles. The maximum Gasteiger partial charge on any atom is 0.00701 e. The highest BCUT2D eigenvalue weighted by Gasteiger charge is 2.18. The zero-order valence-electron chi connectivity index (χ0n) is 12.1. The third-order valence-corrected chi connectivity index (χ3v) is 4.21. The van der Waals surface area contributed by atoms with Crippen molar-refractivity contribution in [2.45, 2.75) is 90.5 Å². The van der Waals surface area contributed by atoms with Gasteiger partial charge in [0, 0.05) is 6.04 Å². The predicted molar refractivity (Wildman–Crippen MR) is 77.4 cm³/mol. The highest BCUT2D eigenvalue weighted by molar-refractivity contribution is 4.77. The Bertz CT molecular complexity index is 161. The fourth-order valence-corrected chi connectivity index (χ4v) is 3.09. The molecule has 0 radical (unpaired) electrons. The van der Waals surface area contributed by atoms with Crippen LogP contribution in [0.15, 0.2) is 0 Å². The van der Waals surface area contributed by atoms with Crippen molar-refractivity contribution < 1.29 is 0 Å². The third-order valence-electron chi connectivity index (χ3n) is 4.21. The molecule has 0 aromatic rings. The first-order valence-corrected chi connectivity index (χ1v) is 8.10. The Morgan fingerprint density at radius 1 is 1.00 bits per heavy atom. The van der Waals surface area contributed by atoms with Crippen LogP contribution in [0.25, 0.3) is 0 Å². The van der Waals surface area contributed by atoms with E-state index in [0.29, 0.717) is 0 Å². The summed E-state index contributed by atoms with van der Waals surface area (Å²) in [5.41, 5.74) is 0. The lowest BCUT2D eigenvalue weighted by Crippen LogP contribution is -2.24. The molecule has 1 heteroatoms. The first-order valence-electron chi connectivity index (χ1n) is 8.10. The van der Waals surface area contributed by atoms with Crippen molar-refractivity contribution in [1.29, 1.82) is 0 Å². The van der Waals surface area contributed by atoms with E-state index < -0.39 is 0 Å². The molecule has 102 valence electrons. The largest absolute Gasteiger partial charge is 0.314 e. The summed E-state index contributed by atoms with van der Waals surface area (Å²) in [6.07, 6.45) is 15.8. The van der Waals surface area contributed by atoms with Gasteiger partial charge in [0.1, 0.15) is 0 Å². The lowest BCUT2D eigenvalue weighted by atomic mass is 9.89. The van der Waals surface area contributed by atoms with E-state index in [2.05, 4.69) is 19.2 Å². The summed E-state index contributed by atoms with van der Waals surface area (Å²) in [6, 6.07) is 0.850. The zero-order chi connectivity index (χ0) is 12.3. The van der Waals surface area contributed by atoms with E-state index >= 15 is 0 Å². The van der Waals surface area contributed by atoms with Crippen molar-refractivity contribution in [2.75, 3.05) is 6.54 Å². The fourth-order valence-electron chi connectivity index (χ4n) is 3.09. The highest BCUT2D eigenvalue weighted by atomic mass is 14.9. The van der Waals surface area contributed by atoms with E-state index in [-0.39, 0.29) is 0 Å². The van der Waals surface area contributed by atoms with Gasteiger partial charge in [-0.05, 0) is 31.7 Å². The summed E-state index contributed by atoms with van der Waals surface area (Å²) in [7, 11) is 0. The average Bonchev–Trinajstić information content (AvgIpc) is 2.84. The Labute approximate surface area is 109 Å². The Morgan fingerprint density at radius 3 is 2.41 bits per heavy atom. The second-order valence-electron chi connectivity index (χ2n) is 5.89. The lowest BCUT2D eigenvalue weighted by molar-refractivity contribution is 0.346. The van der Waals surface area contributed by atoms with Crippen molar-refractivity contribution in [1.82, 2.24) is 5.32 Å². The van der Waals surface area contributed by atoms with Crippen LogP contribution in [0.2, 0.25) is 0 Å². The van der Waals surface area contributed by atoms with Gasteiger partial charge < -0.3 is 5.32 Å². The van der Waals surface area contributed by atoms with Gasteiger partial charge in [0.05, 0.1) is 0 Å². The molecule has 1 heterocycles. The summed E-state index contributed by atoms with van der Waals surface area (Å²) in [6.45, 7) is 5.89. The van der Waals surface area contributed by atoms with E-state index in [9.17, 15) is 0 Å². The van der Waals surface area contributed by atoms with Crippen LogP contribution >= 0.6 is 0 Å². The number of rotatable bonds is 10. The van der Waals surface area contributed by atoms with E-state index in [0.717, 1.165) is 12.0 Å².